The van der Waals surface area contributed by atoms with Crippen molar-refractivity contribution in [1.82, 2.24) is 15.5 Å². The molecule has 3 atom stereocenters. The number of carbonyl (C=O) groups is 4. The molecule has 1 aromatic carbocycles. The SMILES string of the molecule is C[C@H](OC(=O)[C@H]1CC(=O)N([C@H](C)c2ccccc2)C1)C(=O)NC(=O)NC1CCCCC1. The monoisotopic (exact) mass is 429 g/mol. The minimum Gasteiger partial charge on any atom is -0.452 e. The number of amides is 4. The van der Waals surface area contributed by atoms with E-state index in [1.807, 2.05) is 37.3 Å². The molecule has 1 saturated carbocycles. The number of esters is 1. The predicted octanol–water partition coefficient (Wildman–Crippen LogP) is 2.69. The van der Waals surface area contributed by atoms with Crippen LogP contribution in [0.5, 0.6) is 0 Å². The summed E-state index contributed by atoms with van der Waals surface area (Å²) in [6.07, 6.45) is 4.02. The molecule has 0 aromatic heterocycles. The van der Waals surface area contributed by atoms with Gasteiger partial charge in [0, 0.05) is 19.0 Å². The van der Waals surface area contributed by atoms with Crippen molar-refractivity contribution < 1.29 is 23.9 Å². The van der Waals surface area contributed by atoms with Crippen molar-refractivity contribution in [3.8, 4) is 0 Å². The molecule has 8 nitrogen and oxygen atoms in total. The molecule has 31 heavy (non-hydrogen) atoms. The zero-order valence-electron chi connectivity index (χ0n) is 18.1. The first-order valence-corrected chi connectivity index (χ1v) is 11.0. The third kappa shape index (κ3) is 6.06. The van der Waals surface area contributed by atoms with E-state index in [2.05, 4.69) is 10.6 Å². The number of hydrogen-bond acceptors (Lipinski definition) is 5. The molecule has 0 radical (unpaired) electrons. The van der Waals surface area contributed by atoms with Crippen LogP contribution in [0.2, 0.25) is 0 Å². The van der Waals surface area contributed by atoms with Gasteiger partial charge in [-0.15, -0.1) is 0 Å². The highest BCUT2D eigenvalue weighted by Gasteiger charge is 2.39. The van der Waals surface area contributed by atoms with Gasteiger partial charge in [0.05, 0.1) is 12.0 Å². The predicted molar refractivity (Wildman–Crippen MR) is 114 cm³/mol. The summed E-state index contributed by atoms with van der Waals surface area (Å²) in [5.74, 6) is -2.04. The zero-order chi connectivity index (χ0) is 22.4. The van der Waals surface area contributed by atoms with Crippen LogP contribution < -0.4 is 10.6 Å². The Bertz CT molecular complexity index is 807. The highest BCUT2D eigenvalue weighted by Crippen LogP contribution is 2.29. The Labute approximate surface area is 182 Å². The van der Waals surface area contributed by atoms with E-state index in [1.54, 1.807) is 4.90 Å². The summed E-state index contributed by atoms with van der Waals surface area (Å²) in [6.45, 7) is 3.58. The number of nitrogens with one attached hydrogen (secondary N) is 2. The molecule has 0 bridgehead atoms. The Balaban J connectivity index is 1.47. The molecule has 1 saturated heterocycles. The zero-order valence-corrected chi connectivity index (χ0v) is 18.1. The van der Waals surface area contributed by atoms with Gasteiger partial charge in [-0.2, -0.15) is 0 Å². The molecule has 1 aliphatic heterocycles. The second-order valence-electron chi connectivity index (χ2n) is 8.41. The molecular formula is C23H31N3O5. The van der Waals surface area contributed by atoms with Crippen LogP contribution in [0.3, 0.4) is 0 Å². The molecule has 0 spiro atoms. The molecule has 8 heteroatoms. The summed E-state index contributed by atoms with van der Waals surface area (Å²) in [5, 5.41) is 5.03. The lowest BCUT2D eigenvalue weighted by Crippen LogP contribution is -2.48. The van der Waals surface area contributed by atoms with Crippen LogP contribution in [-0.4, -0.2) is 47.4 Å². The smallest absolute Gasteiger partial charge is 0.321 e. The summed E-state index contributed by atoms with van der Waals surface area (Å²) in [6, 6.07) is 8.94. The minimum atomic E-state index is -1.12. The Morgan fingerprint density at radius 2 is 1.74 bits per heavy atom. The average Bonchev–Trinajstić information content (AvgIpc) is 3.16. The lowest BCUT2D eigenvalue weighted by atomic mass is 9.96. The Hall–Kier alpha value is -2.90. The molecule has 1 aliphatic carbocycles. The van der Waals surface area contributed by atoms with Crippen LogP contribution in [0.4, 0.5) is 4.79 Å². The second-order valence-corrected chi connectivity index (χ2v) is 8.41. The van der Waals surface area contributed by atoms with E-state index in [9.17, 15) is 19.2 Å². The van der Waals surface area contributed by atoms with Gasteiger partial charge < -0.3 is 15.0 Å². The lowest BCUT2D eigenvalue weighted by molar-refractivity contribution is -0.158. The number of benzene rings is 1. The van der Waals surface area contributed by atoms with Crippen LogP contribution in [-0.2, 0) is 19.1 Å². The van der Waals surface area contributed by atoms with Crippen LogP contribution >= 0.6 is 0 Å². The number of likely N-dealkylation sites (tertiary alicyclic amines) is 1. The van der Waals surface area contributed by atoms with Gasteiger partial charge in [0.25, 0.3) is 5.91 Å². The average molecular weight is 430 g/mol. The number of hydrogen-bond donors (Lipinski definition) is 2. The third-order valence-corrected chi connectivity index (χ3v) is 6.08. The molecule has 3 rings (SSSR count). The van der Waals surface area contributed by atoms with E-state index in [0.717, 1.165) is 37.7 Å². The standard InChI is InChI=1S/C23H31N3O5/c1-15(17-9-5-3-6-10-17)26-14-18(13-20(26)27)22(29)31-16(2)21(28)25-23(30)24-19-11-7-4-8-12-19/h3,5-6,9-10,15-16,18-19H,4,7-8,11-14H2,1-2H3,(H2,24,25,28,30)/t15-,16+,18+/m1/s1. The van der Waals surface area contributed by atoms with Crippen molar-refractivity contribution in [3.63, 3.8) is 0 Å². The summed E-state index contributed by atoms with van der Waals surface area (Å²) in [7, 11) is 0. The summed E-state index contributed by atoms with van der Waals surface area (Å²) in [5.41, 5.74) is 0.988. The largest absolute Gasteiger partial charge is 0.452 e. The Kier molecular flexibility index (Phi) is 7.65. The fourth-order valence-electron chi connectivity index (χ4n) is 4.18. The summed E-state index contributed by atoms with van der Waals surface area (Å²) in [4.78, 5) is 50.9. The third-order valence-electron chi connectivity index (χ3n) is 6.08. The summed E-state index contributed by atoms with van der Waals surface area (Å²) < 4.78 is 5.26. The molecule has 1 aromatic rings. The first-order chi connectivity index (χ1) is 14.8. The Morgan fingerprint density at radius 3 is 2.42 bits per heavy atom. The molecule has 2 N–H and O–H groups in total. The van der Waals surface area contributed by atoms with E-state index < -0.39 is 29.9 Å². The number of ether oxygens (including phenoxy) is 1. The van der Waals surface area contributed by atoms with E-state index in [0.29, 0.717) is 0 Å². The second kappa shape index (κ2) is 10.4. The van der Waals surface area contributed by atoms with E-state index in [1.165, 1.54) is 6.92 Å². The number of rotatable bonds is 6. The maximum absolute atomic E-state index is 12.5. The van der Waals surface area contributed by atoms with Gasteiger partial charge in [0.2, 0.25) is 5.91 Å². The molecule has 1 heterocycles. The van der Waals surface area contributed by atoms with Gasteiger partial charge in [0.1, 0.15) is 0 Å². The first-order valence-electron chi connectivity index (χ1n) is 11.0. The number of carbonyl (C=O) groups excluding carboxylic acids is 4. The van der Waals surface area contributed by atoms with Crippen LogP contribution in [0, 0.1) is 5.92 Å². The summed E-state index contributed by atoms with van der Waals surface area (Å²) >= 11 is 0. The molecular weight excluding hydrogens is 398 g/mol. The van der Waals surface area contributed by atoms with Crippen molar-refractivity contribution in [2.24, 2.45) is 5.92 Å². The molecule has 0 unspecified atom stereocenters. The van der Waals surface area contributed by atoms with Gasteiger partial charge in [-0.25, -0.2) is 4.79 Å². The normalized spacial score (nSPS) is 21.3. The maximum Gasteiger partial charge on any atom is 0.321 e. The number of imide groups is 1. The fraction of sp³-hybridized carbons (Fsp3) is 0.565. The van der Waals surface area contributed by atoms with E-state index >= 15 is 0 Å². The van der Waals surface area contributed by atoms with Crippen molar-refractivity contribution in [2.45, 2.75) is 70.6 Å². The van der Waals surface area contributed by atoms with Crippen molar-refractivity contribution in [2.75, 3.05) is 6.54 Å². The molecule has 2 fully saturated rings. The topological polar surface area (TPSA) is 105 Å². The maximum atomic E-state index is 12.5. The minimum absolute atomic E-state index is 0.0481. The van der Waals surface area contributed by atoms with Crippen LogP contribution in [0.1, 0.15) is 64.0 Å². The first kappa shape index (κ1) is 22.8. The quantitative estimate of drug-likeness (QED) is 0.677. The van der Waals surface area contributed by atoms with Crippen molar-refractivity contribution in [1.29, 1.82) is 0 Å². The van der Waals surface area contributed by atoms with Crippen molar-refractivity contribution >= 4 is 23.8 Å². The van der Waals surface area contributed by atoms with E-state index in [4.69, 9.17) is 4.74 Å². The van der Waals surface area contributed by atoms with Gasteiger partial charge in [-0.3, -0.25) is 19.7 Å². The Morgan fingerprint density at radius 1 is 1.06 bits per heavy atom. The van der Waals surface area contributed by atoms with E-state index in [-0.39, 0.29) is 31.0 Å². The number of urea groups is 1. The molecule has 4 amide bonds. The lowest BCUT2D eigenvalue weighted by Gasteiger charge is -2.25. The van der Waals surface area contributed by atoms with Crippen molar-refractivity contribution in [3.05, 3.63) is 35.9 Å². The van der Waals surface area contributed by atoms with Crippen LogP contribution in [0.25, 0.3) is 0 Å². The fourth-order valence-corrected chi connectivity index (χ4v) is 4.18. The van der Waals surface area contributed by atoms with Crippen LogP contribution in [0.15, 0.2) is 30.3 Å². The highest BCUT2D eigenvalue weighted by molar-refractivity contribution is 5.97. The van der Waals surface area contributed by atoms with Gasteiger partial charge in [-0.1, -0.05) is 49.6 Å². The molecule has 168 valence electrons. The highest BCUT2D eigenvalue weighted by atomic mass is 16.5. The van der Waals surface area contributed by atoms with Gasteiger partial charge >= 0.3 is 12.0 Å². The molecule has 2 aliphatic rings. The van der Waals surface area contributed by atoms with Gasteiger partial charge in [-0.05, 0) is 32.3 Å². The van der Waals surface area contributed by atoms with Gasteiger partial charge in [0.15, 0.2) is 6.10 Å². The number of nitrogens with zero attached hydrogens (tertiary/aromatic N) is 1.